The molecule has 1 aromatic heterocycles. The summed E-state index contributed by atoms with van der Waals surface area (Å²) in [5.74, 6) is -1.04. The molecule has 1 aromatic carbocycles. The smallest absolute Gasteiger partial charge is 0.307 e. The summed E-state index contributed by atoms with van der Waals surface area (Å²) in [4.78, 5) is 11.0. The van der Waals surface area contributed by atoms with Crippen LogP contribution in [0.4, 0.5) is 0 Å². The molecule has 2 unspecified atom stereocenters. The van der Waals surface area contributed by atoms with E-state index in [1.807, 2.05) is 36.0 Å². The van der Waals surface area contributed by atoms with Crippen molar-refractivity contribution in [2.75, 3.05) is 6.54 Å². The fourth-order valence-electron chi connectivity index (χ4n) is 2.89. The average Bonchev–Trinajstić information content (AvgIpc) is 2.96. The maximum atomic E-state index is 11.0. The Morgan fingerprint density at radius 2 is 2.32 bits per heavy atom. The van der Waals surface area contributed by atoms with Gasteiger partial charge in [-0.15, -0.1) is 0 Å². The van der Waals surface area contributed by atoms with Gasteiger partial charge in [-0.1, -0.05) is 29.8 Å². The van der Waals surface area contributed by atoms with E-state index in [4.69, 9.17) is 16.7 Å². The molecular weight excluding hydrogens is 264 g/mol. The minimum atomic E-state index is -0.730. The van der Waals surface area contributed by atoms with Gasteiger partial charge in [-0.25, -0.2) is 0 Å². The Morgan fingerprint density at radius 1 is 1.53 bits per heavy atom. The number of carbonyl (C=O) groups is 1. The Hall–Kier alpha value is -1.52. The van der Waals surface area contributed by atoms with Gasteiger partial charge in [0, 0.05) is 31.2 Å². The summed E-state index contributed by atoms with van der Waals surface area (Å²) < 4.78 is 2.00. The van der Waals surface area contributed by atoms with E-state index in [1.165, 1.54) is 0 Å². The van der Waals surface area contributed by atoms with Gasteiger partial charge >= 0.3 is 5.97 Å². The van der Waals surface area contributed by atoms with Crippen molar-refractivity contribution < 1.29 is 9.90 Å². The summed E-state index contributed by atoms with van der Waals surface area (Å²) in [6, 6.07) is 6.08. The average molecular weight is 279 g/mol. The van der Waals surface area contributed by atoms with Crippen LogP contribution in [-0.4, -0.2) is 22.2 Å². The van der Waals surface area contributed by atoms with Gasteiger partial charge in [-0.05, 0) is 12.0 Å². The number of aromatic nitrogens is 1. The molecule has 0 aliphatic carbocycles. The van der Waals surface area contributed by atoms with Crippen molar-refractivity contribution >= 4 is 28.5 Å². The number of hydrogen-bond donors (Lipinski definition) is 2. The van der Waals surface area contributed by atoms with Crippen LogP contribution in [0.25, 0.3) is 10.9 Å². The largest absolute Gasteiger partial charge is 0.481 e. The molecule has 0 spiro atoms. The Balaban J connectivity index is 2.04. The number of hydrogen-bond acceptors (Lipinski definition) is 2. The molecule has 1 saturated heterocycles. The van der Waals surface area contributed by atoms with E-state index < -0.39 is 5.97 Å². The van der Waals surface area contributed by atoms with E-state index in [2.05, 4.69) is 5.32 Å². The first-order valence-corrected chi connectivity index (χ1v) is 6.65. The van der Waals surface area contributed by atoms with Crippen LogP contribution in [0.2, 0.25) is 5.02 Å². The maximum Gasteiger partial charge on any atom is 0.307 e. The second kappa shape index (κ2) is 4.54. The lowest BCUT2D eigenvalue weighted by atomic mass is 9.98. The van der Waals surface area contributed by atoms with Crippen molar-refractivity contribution in [3.63, 3.8) is 0 Å². The minimum absolute atomic E-state index is 0.0782. The predicted molar refractivity (Wildman–Crippen MR) is 74.4 cm³/mol. The third kappa shape index (κ3) is 2.01. The van der Waals surface area contributed by atoms with E-state index in [-0.39, 0.29) is 12.0 Å². The van der Waals surface area contributed by atoms with Gasteiger partial charge in [-0.3, -0.25) is 4.79 Å². The van der Waals surface area contributed by atoms with E-state index in [1.54, 1.807) is 0 Å². The number of carboxylic acid groups (broad SMARTS) is 1. The number of nitrogens with zero attached hydrogens (tertiary/aromatic N) is 1. The monoisotopic (exact) mass is 278 g/mol. The van der Waals surface area contributed by atoms with E-state index in [0.717, 1.165) is 21.5 Å². The molecule has 2 N–H and O–H groups in total. The van der Waals surface area contributed by atoms with Gasteiger partial charge in [0.15, 0.2) is 0 Å². The summed E-state index contributed by atoms with van der Waals surface area (Å²) in [5, 5.41) is 14.1. The van der Waals surface area contributed by atoms with Crippen molar-refractivity contribution in [2.24, 2.45) is 13.0 Å². The summed E-state index contributed by atoms with van der Waals surface area (Å²) >= 11 is 6.20. The fourth-order valence-corrected chi connectivity index (χ4v) is 3.19. The number of aryl methyl sites for hydroxylation is 1. The molecule has 4 nitrogen and oxygen atoms in total. The lowest BCUT2D eigenvalue weighted by molar-refractivity contribution is -0.141. The topological polar surface area (TPSA) is 54.3 Å². The molecule has 1 aliphatic heterocycles. The summed E-state index contributed by atoms with van der Waals surface area (Å²) in [5.41, 5.74) is 2.20. The van der Waals surface area contributed by atoms with Crippen LogP contribution in [0.15, 0.2) is 24.4 Å². The zero-order chi connectivity index (χ0) is 13.6. The molecule has 2 atom stereocenters. The molecule has 2 heterocycles. The van der Waals surface area contributed by atoms with Gasteiger partial charge in [0.05, 0.1) is 16.5 Å². The first-order chi connectivity index (χ1) is 9.08. The van der Waals surface area contributed by atoms with Crippen LogP contribution in [0, 0.1) is 5.92 Å². The molecule has 0 saturated carbocycles. The molecule has 1 fully saturated rings. The van der Waals surface area contributed by atoms with Crippen molar-refractivity contribution in [1.82, 2.24) is 9.88 Å². The number of rotatable bonds is 2. The zero-order valence-corrected chi connectivity index (χ0v) is 11.3. The number of benzene rings is 1. The maximum absolute atomic E-state index is 11.0. The third-order valence-electron chi connectivity index (χ3n) is 3.84. The van der Waals surface area contributed by atoms with Crippen LogP contribution in [0.3, 0.4) is 0 Å². The first kappa shape index (κ1) is 12.5. The van der Waals surface area contributed by atoms with Crippen molar-refractivity contribution in [3.8, 4) is 0 Å². The first-order valence-electron chi connectivity index (χ1n) is 6.27. The summed E-state index contributed by atoms with van der Waals surface area (Å²) in [6.07, 6.45) is 2.51. The molecular formula is C14H15ClN2O2. The van der Waals surface area contributed by atoms with Crippen LogP contribution in [0.5, 0.6) is 0 Å². The summed E-state index contributed by atoms with van der Waals surface area (Å²) in [7, 11) is 1.96. The molecule has 0 amide bonds. The number of fused-ring (bicyclic) bond motifs is 1. The van der Waals surface area contributed by atoms with E-state index in [0.29, 0.717) is 13.0 Å². The molecule has 1 aliphatic rings. The highest BCUT2D eigenvalue weighted by atomic mass is 35.5. The highest BCUT2D eigenvalue weighted by Gasteiger charge is 2.31. The second-order valence-corrected chi connectivity index (χ2v) is 5.47. The standard InChI is InChI=1S/C14H15ClN2O2/c1-17-7-11(15)9-3-2-4-10(13(9)17)12-5-8(6-16-12)14(18)19/h2-4,7-8,12,16H,5-6H2,1H3,(H,18,19). The van der Waals surface area contributed by atoms with Crippen LogP contribution in [-0.2, 0) is 11.8 Å². The third-order valence-corrected chi connectivity index (χ3v) is 4.14. The fraction of sp³-hybridized carbons (Fsp3) is 0.357. The number of carboxylic acids is 1. The second-order valence-electron chi connectivity index (χ2n) is 5.06. The normalized spacial score (nSPS) is 23.1. The minimum Gasteiger partial charge on any atom is -0.481 e. The summed E-state index contributed by atoms with van der Waals surface area (Å²) in [6.45, 7) is 0.522. The van der Waals surface area contributed by atoms with Crippen LogP contribution >= 0.6 is 11.6 Å². The quantitative estimate of drug-likeness (QED) is 0.888. The zero-order valence-electron chi connectivity index (χ0n) is 10.6. The molecule has 100 valence electrons. The molecule has 2 aromatic rings. The number of nitrogens with one attached hydrogen (secondary N) is 1. The molecule has 0 radical (unpaired) electrons. The Labute approximate surface area is 116 Å². The van der Waals surface area contributed by atoms with Gasteiger partial charge in [-0.2, -0.15) is 0 Å². The SMILES string of the molecule is Cn1cc(Cl)c2cccc(C3CC(C(=O)O)CN3)c21. The number of para-hydroxylation sites is 1. The van der Waals surface area contributed by atoms with Crippen LogP contribution < -0.4 is 5.32 Å². The van der Waals surface area contributed by atoms with Crippen molar-refractivity contribution in [1.29, 1.82) is 0 Å². The Bertz CT molecular complexity index is 650. The lowest BCUT2D eigenvalue weighted by Gasteiger charge is -2.13. The lowest BCUT2D eigenvalue weighted by Crippen LogP contribution is -2.17. The Kier molecular flexibility index (Phi) is 2.99. The number of halogens is 1. The van der Waals surface area contributed by atoms with Gasteiger partial charge in [0.1, 0.15) is 0 Å². The van der Waals surface area contributed by atoms with Gasteiger partial charge in [0.2, 0.25) is 0 Å². The molecule has 3 rings (SSSR count). The Morgan fingerprint density at radius 3 is 3.00 bits per heavy atom. The van der Waals surface area contributed by atoms with E-state index >= 15 is 0 Å². The highest BCUT2D eigenvalue weighted by molar-refractivity contribution is 6.35. The van der Waals surface area contributed by atoms with Crippen molar-refractivity contribution in [3.05, 3.63) is 35.0 Å². The van der Waals surface area contributed by atoms with Crippen molar-refractivity contribution in [2.45, 2.75) is 12.5 Å². The van der Waals surface area contributed by atoms with Gasteiger partial charge in [0.25, 0.3) is 0 Å². The molecule has 0 bridgehead atoms. The predicted octanol–water partition coefficient (Wildman–Crippen LogP) is 2.57. The van der Waals surface area contributed by atoms with Crippen LogP contribution in [0.1, 0.15) is 18.0 Å². The molecule has 5 heteroatoms. The highest BCUT2D eigenvalue weighted by Crippen LogP contribution is 2.35. The molecule has 19 heavy (non-hydrogen) atoms. The van der Waals surface area contributed by atoms with Gasteiger partial charge < -0.3 is 15.0 Å². The van der Waals surface area contributed by atoms with E-state index in [9.17, 15) is 4.79 Å². The number of aliphatic carboxylic acids is 1.